The molecule has 0 aliphatic heterocycles. The first kappa shape index (κ1) is 19.1. The Bertz CT molecular complexity index is 774. The lowest BCUT2D eigenvalue weighted by Crippen LogP contribution is -2.15. The summed E-state index contributed by atoms with van der Waals surface area (Å²) in [6.07, 6.45) is -4.62. The van der Waals surface area contributed by atoms with Gasteiger partial charge in [-0.25, -0.2) is 0 Å². The third-order valence-electron chi connectivity index (χ3n) is 3.06. The summed E-state index contributed by atoms with van der Waals surface area (Å²) in [4.78, 5) is 12.6. The number of hydrogen-bond acceptors (Lipinski definition) is 4. The number of alkyl halides is 5. The molecule has 0 saturated heterocycles. The molecule has 0 fully saturated rings. The van der Waals surface area contributed by atoms with E-state index in [2.05, 4.69) is 10.1 Å². The SMILES string of the molecule is Cc1cc(OC(F)F)c(C(=O)Nc2cc(CN)cc(C(F)(F)F)c2)s1. The number of amides is 1. The fourth-order valence-corrected chi connectivity index (χ4v) is 2.91. The zero-order valence-corrected chi connectivity index (χ0v) is 13.6. The molecule has 2 aromatic rings. The third-order valence-corrected chi connectivity index (χ3v) is 4.09. The standard InChI is InChI=1S/C15H13F5N2O2S/c1-7-2-11(24-14(16)17)12(25-7)13(23)22-10-4-8(6-21)3-9(5-10)15(18,19)20/h2-5,14H,6,21H2,1H3,(H,22,23). The Morgan fingerprint density at radius 3 is 2.52 bits per heavy atom. The van der Waals surface area contributed by atoms with Gasteiger partial charge in [-0.05, 0) is 36.8 Å². The molecule has 0 spiro atoms. The predicted octanol–water partition coefficient (Wildman–Crippen LogP) is 4.39. The van der Waals surface area contributed by atoms with Crippen LogP contribution in [-0.4, -0.2) is 12.5 Å². The molecule has 0 unspecified atom stereocenters. The number of hydrogen-bond donors (Lipinski definition) is 2. The van der Waals surface area contributed by atoms with Gasteiger partial charge in [-0.1, -0.05) is 0 Å². The highest BCUT2D eigenvalue weighted by Gasteiger charge is 2.31. The summed E-state index contributed by atoms with van der Waals surface area (Å²) in [6, 6.07) is 4.14. The highest BCUT2D eigenvalue weighted by Crippen LogP contribution is 2.34. The molecule has 0 saturated carbocycles. The number of carbonyl (C=O) groups excluding carboxylic acids is 1. The Morgan fingerprint density at radius 1 is 1.28 bits per heavy atom. The zero-order chi connectivity index (χ0) is 18.8. The molecule has 0 aliphatic carbocycles. The minimum absolute atomic E-state index is 0.144. The number of anilines is 1. The molecule has 0 aliphatic rings. The summed E-state index contributed by atoms with van der Waals surface area (Å²) >= 11 is 0.886. The van der Waals surface area contributed by atoms with E-state index in [1.165, 1.54) is 12.1 Å². The molecule has 2 rings (SSSR count). The molecule has 0 radical (unpaired) electrons. The minimum atomic E-state index is -4.62. The molecule has 25 heavy (non-hydrogen) atoms. The van der Waals surface area contributed by atoms with Gasteiger partial charge in [0.1, 0.15) is 10.6 Å². The molecule has 1 aromatic heterocycles. The van der Waals surface area contributed by atoms with Crippen LogP contribution in [0.3, 0.4) is 0 Å². The number of rotatable bonds is 5. The minimum Gasteiger partial charge on any atom is -0.433 e. The van der Waals surface area contributed by atoms with E-state index >= 15 is 0 Å². The summed E-state index contributed by atoms with van der Waals surface area (Å²) in [7, 11) is 0. The Balaban J connectivity index is 2.32. The molecule has 4 nitrogen and oxygen atoms in total. The molecule has 0 atom stereocenters. The van der Waals surface area contributed by atoms with Crippen LogP contribution in [-0.2, 0) is 12.7 Å². The Labute approximate surface area is 143 Å². The summed E-state index contributed by atoms with van der Waals surface area (Å²) in [6.45, 7) is -1.71. The molecule has 136 valence electrons. The maximum absolute atomic E-state index is 12.9. The maximum Gasteiger partial charge on any atom is 0.416 e. The lowest BCUT2D eigenvalue weighted by atomic mass is 10.1. The Morgan fingerprint density at radius 2 is 1.96 bits per heavy atom. The van der Waals surface area contributed by atoms with Gasteiger partial charge in [-0.2, -0.15) is 22.0 Å². The second-order valence-electron chi connectivity index (χ2n) is 5.00. The predicted molar refractivity (Wildman–Crippen MR) is 83.0 cm³/mol. The normalized spacial score (nSPS) is 11.7. The van der Waals surface area contributed by atoms with Gasteiger partial charge in [0.25, 0.3) is 5.91 Å². The van der Waals surface area contributed by atoms with Crippen molar-refractivity contribution in [2.24, 2.45) is 5.73 Å². The van der Waals surface area contributed by atoms with Crippen LogP contribution in [0.2, 0.25) is 0 Å². The maximum atomic E-state index is 12.9. The highest BCUT2D eigenvalue weighted by atomic mass is 32.1. The van der Waals surface area contributed by atoms with Gasteiger partial charge in [0.15, 0.2) is 0 Å². The second kappa shape index (κ2) is 7.36. The van der Waals surface area contributed by atoms with Gasteiger partial charge in [0.05, 0.1) is 5.56 Å². The van der Waals surface area contributed by atoms with Gasteiger partial charge in [0, 0.05) is 17.1 Å². The monoisotopic (exact) mass is 380 g/mol. The highest BCUT2D eigenvalue weighted by molar-refractivity contribution is 7.14. The van der Waals surface area contributed by atoms with Crippen LogP contribution in [0.1, 0.15) is 25.7 Å². The number of nitrogens with two attached hydrogens (primary N) is 1. The van der Waals surface area contributed by atoms with Gasteiger partial charge < -0.3 is 15.8 Å². The van der Waals surface area contributed by atoms with Crippen molar-refractivity contribution in [3.05, 3.63) is 45.1 Å². The summed E-state index contributed by atoms with van der Waals surface area (Å²) < 4.78 is 67.8. The van der Waals surface area contributed by atoms with Crippen LogP contribution < -0.4 is 15.8 Å². The van der Waals surface area contributed by atoms with Gasteiger partial charge in [-0.3, -0.25) is 4.79 Å². The van der Waals surface area contributed by atoms with E-state index in [4.69, 9.17) is 5.73 Å². The van der Waals surface area contributed by atoms with Crippen molar-refractivity contribution < 1.29 is 31.5 Å². The third kappa shape index (κ3) is 4.89. The molecule has 1 heterocycles. The zero-order valence-electron chi connectivity index (χ0n) is 12.8. The molecular formula is C15H13F5N2O2S. The Kier molecular flexibility index (Phi) is 5.63. The van der Waals surface area contributed by atoms with Crippen molar-refractivity contribution in [3.8, 4) is 5.75 Å². The number of halogens is 5. The first-order valence-electron chi connectivity index (χ1n) is 6.88. The summed E-state index contributed by atoms with van der Waals surface area (Å²) in [5, 5.41) is 2.26. The topological polar surface area (TPSA) is 64.3 Å². The fourth-order valence-electron chi connectivity index (χ4n) is 2.07. The Hall–Kier alpha value is -2.20. The summed E-state index contributed by atoms with van der Waals surface area (Å²) in [5.74, 6) is -1.18. The van der Waals surface area contributed by atoms with Crippen LogP contribution in [0.25, 0.3) is 0 Å². The molecule has 1 aromatic carbocycles. The molecule has 3 N–H and O–H groups in total. The average Bonchev–Trinajstić information content (AvgIpc) is 2.85. The quantitative estimate of drug-likeness (QED) is 0.757. The number of benzene rings is 1. The molecule has 0 bridgehead atoms. The van der Waals surface area contributed by atoms with E-state index in [1.807, 2.05) is 0 Å². The average molecular weight is 380 g/mol. The van der Waals surface area contributed by atoms with Crippen LogP contribution in [0.4, 0.5) is 27.6 Å². The number of nitrogens with one attached hydrogen (secondary N) is 1. The van der Waals surface area contributed by atoms with Crippen LogP contribution in [0.5, 0.6) is 5.75 Å². The van der Waals surface area contributed by atoms with E-state index in [0.29, 0.717) is 4.88 Å². The molecule has 1 amide bonds. The number of carbonyl (C=O) groups is 1. The van der Waals surface area contributed by atoms with E-state index in [1.54, 1.807) is 6.92 Å². The van der Waals surface area contributed by atoms with Crippen molar-refractivity contribution >= 4 is 22.9 Å². The number of thiophene rings is 1. The van der Waals surface area contributed by atoms with Gasteiger partial charge >= 0.3 is 12.8 Å². The van der Waals surface area contributed by atoms with E-state index in [9.17, 15) is 26.7 Å². The number of ether oxygens (including phenoxy) is 1. The van der Waals surface area contributed by atoms with E-state index in [-0.39, 0.29) is 28.4 Å². The largest absolute Gasteiger partial charge is 0.433 e. The smallest absolute Gasteiger partial charge is 0.416 e. The summed E-state index contributed by atoms with van der Waals surface area (Å²) in [5.41, 5.74) is 4.42. The van der Waals surface area contributed by atoms with Crippen LogP contribution in [0, 0.1) is 6.92 Å². The first-order chi connectivity index (χ1) is 11.6. The van der Waals surface area contributed by atoms with Crippen molar-refractivity contribution in [2.75, 3.05) is 5.32 Å². The lowest BCUT2D eigenvalue weighted by molar-refractivity contribution is -0.137. The van der Waals surface area contributed by atoms with Crippen molar-refractivity contribution in [3.63, 3.8) is 0 Å². The molecule has 10 heteroatoms. The first-order valence-corrected chi connectivity index (χ1v) is 7.69. The van der Waals surface area contributed by atoms with E-state index in [0.717, 1.165) is 23.5 Å². The lowest BCUT2D eigenvalue weighted by Gasteiger charge is -2.12. The van der Waals surface area contributed by atoms with Crippen molar-refractivity contribution in [1.29, 1.82) is 0 Å². The van der Waals surface area contributed by atoms with E-state index < -0.39 is 24.3 Å². The fraction of sp³-hybridized carbons (Fsp3) is 0.267. The van der Waals surface area contributed by atoms with Crippen molar-refractivity contribution in [2.45, 2.75) is 26.3 Å². The van der Waals surface area contributed by atoms with Crippen LogP contribution >= 0.6 is 11.3 Å². The van der Waals surface area contributed by atoms with Gasteiger partial charge in [-0.15, -0.1) is 11.3 Å². The second-order valence-corrected chi connectivity index (χ2v) is 6.26. The van der Waals surface area contributed by atoms with Crippen molar-refractivity contribution in [1.82, 2.24) is 0 Å². The molecular weight excluding hydrogens is 367 g/mol. The van der Waals surface area contributed by atoms with Gasteiger partial charge in [0.2, 0.25) is 0 Å². The number of aryl methyl sites for hydroxylation is 1. The van der Waals surface area contributed by atoms with Crippen LogP contribution in [0.15, 0.2) is 24.3 Å².